The lowest BCUT2D eigenvalue weighted by molar-refractivity contribution is -0.144. The zero-order valence-corrected chi connectivity index (χ0v) is 10.3. The minimum Gasteiger partial charge on any atom is -0.466 e. The zero-order valence-electron chi connectivity index (χ0n) is 10.3. The summed E-state index contributed by atoms with van der Waals surface area (Å²) < 4.78 is 10.4. The maximum Gasteiger partial charge on any atom is 0.308 e. The first-order valence-electron chi connectivity index (χ1n) is 6.12. The number of allylic oxidation sites excluding steroid dienone is 2. The first-order chi connectivity index (χ1) is 7.74. The Bertz CT molecular complexity index is 235. The topological polar surface area (TPSA) is 35.5 Å². The summed E-state index contributed by atoms with van der Waals surface area (Å²) >= 11 is 0. The van der Waals surface area contributed by atoms with Crippen LogP contribution in [-0.4, -0.2) is 25.8 Å². The molecule has 3 nitrogen and oxygen atoms in total. The van der Waals surface area contributed by atoms with E-state index in [1.807, 2.05) is 6.92 Å². The molecule has 0 aliphatic heterocycles. The van der Waals surface area contributed by atoms with Crippen molar-refractivity contribution in [2.45, 2.75) is 33.1 Å². The van der Waals surface area contributed by atoms with Crippen LogP contribution in [0.2, 0.25) is 0 Å². The van der Waals surface area contributed by atoms with Gasteiger partial charge in [-0.3, -0.25) is 4.79 Å². The Balaban J connectivity index is 2.06. The first kappa shape index (κ1) is 13.2. The summed E-state index contributed by atoms with van der Waals surface area (Å²) in [6.07, 6.45) is 7.07. The normalized spacial score (nSPS) is 24.4. The minimum atomic E-state index is -0.168. The highest BCUT2D eigenvalue weighted by atomic mass is 16.5. The van der Waals surface area contributed by atoms with E-state index in [2.05, 4.69) is 19.1 Å². The Morgan fingerprint density at radius 2 is 2.12 bits per heavy atom. The third kappa shape index (κ3) is 4.79. The van der Waals surface area contributed by atoms with E-state index in [0.717, 1.165) is 19.4 Å². The largest absolute Gasteiger partial charge is 0.466 e. The summed E-state index contributed by atoms with van der Waals surface area (Å²) in [5.74, 6) is 1.12. The van der Waals surface area contributed by atoms with Crippen molar-refractivity contribution in [1.29, 1.82) is 0 Å². The fourth-order valence-electron chi connectivity index (χ4n) is 1.86. The monoisotopic (exact) mass is 226 g/mol. The van der Waals surface area contributed by atoms with Gasteiger partial charge in [-0.1, -0.05) is 19.1 Å². The van der Waals surface area contributed by atoms with E-state index in [1.165, 1.54) is 0 Å². The third-order valence-electron chi connectivity index (χ3n) is 3.01. The Labute approximate surface area is 97.8 Å². The van der Waals surface area contributed by atoms with Crippen LogP contribution in [0, 0.1) is 11.8 Å². The van der Waals surface area contributed by atoms with Gasteiger partial charge in [-0.15, -0.1) is 0 Å². The predicted molar refractivity (Wildman–Crippen MR) is 63.1 cm³/mol. The van der Waals surface area contributed by atoms with Crippen molar-refractivity contribution in [1.82, 2.24) is 0 Å². The van der Waals surface area contributed by atoms with Crippen LogP contribution in [0.25, 0.3) is 0 Å². The van der Waals surface area contributed by atoms with E-state index in [4.69, 9.17) is 9.47 Å². The Kier molecular flexibility index (Phi) is 6.16. The van der Waals surface area contributed by atoms with Crippen LogP contribution in [0.4, 0.5) is 0 Å². The molecule has 0 fully saturated rings. The molecule has 0 heterocycles. The van der Waals surface area contributed by atoms with Crippen molar-refractivity contribution >= 4 is 5.97 Å². The van der Waals surface area contributed by atoms with Crippen LogP contribution in [0.5, 0.6) is 0 Å². The number of carbonyl (C=O) groups excluding carboxylic acids is 1. The zero-order chi connectivity index (χ0) is 11.8. The molecule has 0 saturated heterocycles. The molecular formula is C13H22O3. The van der Waals surface area contributed by atoms with Gasteiger partial charge in [0.2, 0.25) is 0 Å². The van der Waals surface area contributed by atoms with Gasteiger partial charge < -0.3 is 9.47 Å². The highest BCUT2D eigenvalue weighted by Gasteiger charge is 2.18. The molecule has 2 atom stereocenters. The lowest BCUT2D eigenvalue weighted by atomic mass is 9.85. The van der Waals surface area contributed by atoms with Crippen LogP contribution in [-0.2, 0) is 14.3 Å². The van der Waals surface area contributed by atoms with Gasteiger partial charge in [-0.2, -0.15) is 0 Å². The highest BCUT2D eigenvalue weighted by Crippen LogP contribution is 2.24. The number of hydrogen-bond donors (Lipinski definition) is 0. The lowest BCUT2D eigenvalue weighted by Crippen LogP contribution is -2.20. The molecule has 16 heavy (non-hydrogen) atoms. The minimum absolute atomic E-state index is 0.168. The first-order valence-corrected chi connectivity index (χ1v) is 6.12. The number of hydrogen-bond acceptors (Lipinski definition) is 3. The van der Waals surface area contributed by atoms with Gasteiger partial charge in [0.15, 0.2) is 0 Å². The van der Waals surface area contributed by atoms with Gasteiger partial charge in [0.05, 0.1) is 19.6 Å². The number of carbonyl (C=O) groups is 1. The van der Waals surface area contributed by atoms with Crippen LogP contribution < -0.4 is 0 Å². The van der Waals surface area contributed by atoms with E-state index in [1.54, 1.807) is 0 Å². The van der Waals surface area contributed by atoms with E-state index >= 15 is 0 Å². The summed E-state index contributed by atoms with van der Waals surface area (Å²) in [5, 5.41) is 0. The molecule has 92 valence electrons. The smallest absolute Gasteiger partial charge is 0.308 e. The van der Waals surface area contributed by atoms with Crippen molar-refractivity contribution in [2.75, 3.05) is 19.8 Å². The van der Waals surface area contributed by atoms with Crippen molar-refractivity contribution in [3.63, 3.8) is 0 Å². The quantitative estimate of drug-likeness (QED) is 0.396. The highest BCUT2D eigenvalue weighted by molar-refractivity contribution is 5.69. The molecule has 0 bridgehead atoms. The number of rotatable bonds is 6. The molecule has 3 heteroatoms. The fourth-order valence-corrected chi connectivity index (χ4v) is 1.86. The van der Waals surface area contributed by atoms with Gasteiger partial charge in [-0.25, -0.2) is 0 Å². The summed E-state index contributed by atoms with van der Waals surface area (Å²) in [6.45, 7) is 5.75. The predicted octanol–water partition coefficient (Wildman–Crippen LogP) is 2.56. The van der Waals surface area contributed by atoms with Gasteiger partial charge in [0.25, 0.3) is 0 Å². The Morgan fingerprint density at radius 3 is 2.81 bits per heavy atom. The van der Waals surface area contributed by atoms with E-state index in [-0.39, 0.29) is 5.97 Å². The Morgan fingerprint density at radius 1 is 1.38 bits per heavy atom. The van der Waals surface area contributed by atoms with E-state index in [9.17, 15) is 4.79 Å². The third-order valence-corrected chi connectivity index (χ3v) is 3.01. The van der Waals surface area contributed by atoms with Crippen molar-refractivity contribution in [3.05, 3.63) is 12.2 Å². The molecule has 1 aliphatic rings. The summed E-state index contributed by atoms with van der Waals surface area (Å²) in [7, 11) is 0. The average molecular weight is 226 g/mol. The molecule has 0 aromatic heterocycles. The van der Waals surface area contributed by atoms with Gasteiger partial charge >= 0.3 is 5.97 Å². The maximum atomic E-state index is 11.0. The molecule has 0 radical (unpaired) electrons. The van der Waals surface area contributed by atoms with Crippen molar-refractivity contribution in [2.24, 2.45) is 11.8 Å². The van der Waals surface area contributed by atoms with Gasteiger partial charge in [0, 0.05) is 6.61 Å². The molecule has 1 rings (SSSR count). The van der Waals surface area contributed by atoms with Crippen LogP contribution in [0.1, 0.15) is 33.1 Å². The molecule has 0 N–H and O–H groups in total. The van der Waals surface area contributed by atoms with Crippen LogP contribution in [0.3, 0.4) is 0 Å². The second kappa shape index (κ2) is 7.44. The summed E-state index contributed by atoms with van der Waals surface area (Å²) in [6, 6.07) is 0. The number of ether oxygens (including phenoxy) is 2. The number of esters is 1. The van der Waals surface area contributed by atoms with Crippen molar-refractivity contribution < 1.29 is 14.3 Å². The summed E-state index contributed by atoms with van der Waals surface area (Å²) in [4.78, 5) is 11.0. The lowest BCUT2D eigenvalue weighted by Gasteiger charge is -2.24. The molecule has 0 aromatic carbocycles. The van der Waals surface area contributed by atoms with Crippen LogP contribution >= 0.6 is 0 Å². The Hall–Kier alpha value is -0.830. The maximum absolute atomic E-state index is 11.0. The fraction of sp³-hybridized carbons (Fsp3) is 0.769. The average Bonchev–Trinajstić information content (AvgIpc) is 2.27. The summed E-state index contributed by atoms with van der Waals surface area (Å²) in [5.41, 5.74) is 0. The molecule has 0 amide bonds. The molecule has 2 unspecified atom stereocenters. The second-order valence-corrected chi connectivity index (χ2v) is 4.31. The van der Waals surface area contributed by atoms with Gasteiger partial charge in [0.1, 0.15) is 0 Å². The SMILES string of the molecule is CCOC(=O)CCOCC1CC=CCC1C. The standard InChI is InChI=1S/C13H22O3/c1-3-16-13(14)8-9-15-10-12-7-5-4-6-11(12)2/h4-5,11-12H,3,6-10H2,1-2H3. The van der Waals surface area contributed by atoms with Crippen molar-refractivity contribution in [3.8, 4) is 0 Å². The molecule has 0 saturated carbocycles. The molecule has 1 aliphatic carbocycles. The molecule has 0 spiro atoms. The van der Waals surface area contributed by atoms with Gasteiger partial charge in [-0.05, 0) is 31.6 Å². The van der Waals surface area contributed by atoms with E-state index < -0.39 is 0 Å². The van der Waals surface area contributed by atoms with Crippen LogP contribution in [0.15, 0.2) is 12.2 Å². The molecular weight excluding hydrogens is 204 g/mol. The van der Waals surface area contributed by atoms with E-state index in [0.29, 0.717) is 31.5 Å². The molecule has 0 aromatic rings. The second-order valence-electron chi connectivity index (χ2n) is 4.31.